The topological polar surface area (TPSA) is 9.86 Å². The Kier molecular flexibility index (Phi) is 4.72. The van der Waals surface area contributed by atoms with Crippen LogP contribution in [0.5, 0.6) is 0 Å². The van der Waals surface area contributed by atoms with Crippen LogP contribution in [0.4, 0.5) is 0 Å². The molecule has 4 aromatic rings. The number of rotatable bonds is 6. The largest absolute Gasteiger partial charge is 0.344 e. The molecule has 4 heteroatoms. The highest BCUT2D eigenvalue weighted by molar-refractivity contribution is 7.81. The first-order valence-corrected chi connectivity index (χ1v) is 10.6. The average molecular weight is 381 g/mol. The van der Waals surface area contributed by atoms with Crippen molar-refractivity contribution in [2.45, 2.75) is 46.7 Å². The van der Waals surface area contributed by atoms with Crippen molar-refractivity contribution in [1.29, 1.82) is 0 Å². The van der Waals surface area contributed by atoms with Gasteiger partial charge in [-0.05, 0) is 43.3 Å². The molecule has 0 aliphatic rings. The van der Waals surface area contributed by atoms with Crippen LogP contribution in [0.25, 0.3) is 21.1 Å². The molecule has 0 aliphatic carbocycles. The van der Waals surface area contributed by atoms with Crippen molar-refractivity contribution in [3.63, 3.8) is 0 Å². The van der Waals surface area contributed by atoms with Gasteiger partial charge in [-0.25, -0.2) is 0 Å². The third kappa shape index (κ3) is 2.63. The van der Waals surface area contributed by atoms with Crippen LogP contribution >= 0.6 is 23.6 Å². The van der Waals surface area contributed by atoms with E-state index >= 15 is 0 Å². The van der Waals surface area contributed by atoms with E-state index in [1.807, 2.05) is 0 Å². The van der Waals surface area contributed by atoms with Gasteiger partial charge in [-0.3, -0.25) is 0 Å². The number of nitrogens with zero attached hydrogens (tertiary/aromatic N) is 2. The summed E-state index contributed by atoms with van der Waals surface area (Å²) in [6.45, 7) is 8.70. The van der Waals surface area contributed by atoms with Crippen LogP contribution in [0.2, 0.25) is 0 Å². The summed E-state index contributed by atoms with van der Waals surface area (Å²) in [7, 11) is 0. The third-order valence-electron chi connectivity index (χ3n) is 5.09. The highest BCUT2D eigenvalue weighted by atomic mass is 32.1. The summed E-state index contributed by atoms with van der Waals surface area (Å²) >= 11 is 7.89. The van der Waals surface area contributed by atoms with Crippen LogP contribution in [-0.4, -0.2) is 14.0 Å². The Bertz CT molecular complexity index is 1090. The maximum Gasteiger partial charge on any atom is 0.103 e. The summed E-state index contributed by atoms with van der Waals surface area (Å²) in [6, 6.07) is 13.1. The molecule has 0 atom stereocenters. The fourth-order valence-electron chi connectivity index (χ4n) is 3.97. The van der Waals surface area contributed by atoms with E-state index in [9.17, 15) is 0 Å². The zero-order valence-corrected chi connectivity index (χ0v) is 17.2. The summed E-state index contributed by atoms with van der Waals surface area (Å²) < 4.78 is 4.83. The highest BCUT2D eigenvalue weighted by Gasteiger charge is 2.21. The van der Waals surface area contributed by atoms with E-state index in [-0.39, 0.29) is 0 Å². The molecule has 3 aromatic heterocycles. The normalized spacial score (nSPS) is 11.7. The standard InChI is InChI=1S/C22H24N2S2/c1-4-11-23-15(3)20(17-8-6-7-9-18(17)23)21(25)19-14-16-10-13-26-22(16)24(19)12-5-2/h6-10,13-14H,4-5,11-12H2,1-3H3. The SMILES string of the molecule is CCCn1c(C)c(C(=S)c2cc3ccsc3n2CCC)c2ccccc21. The molecule has 0 saturated heterocycles. The monoisotopic (exact) mass is 380 g/mol. The van der Waals surface area contributed by atoms with Gasteiger partial charge >= 0.3 is 0 Å². The van der Waals surface area contributed by atoms with Crippen LogP contribution in [0.15, 0.2) is 41.8 Å². The predicted octanol–water partition coefficient (Wildman–Crippen LogP) is 6.55. The van der Waals surface area contributed by atoms with Gasteiger partial charge in [-0.1, -0.05) is 44.3 Å². The molecule has 0 radical (unpaired) electrons. The van der Waals surface area contributed by atoms with Gasteiger partial charge in [-0.15, -0.1) is 11.3 Å². The number of para-hydroxylation sites is 1. The molecule has 3 heterocycles. The lowest BCUT2D eigenvalue weighted by molar-refractivity contribution is 0.685. The van der Waals surface area contributed by atoms with Gasteiger partial charge in [0.25, 0.3) is 0 Å². The molecule has 1 aromatic carbocycles. The first kappa shape index (κ1) is 17.5. The Hall–Kier alpha value is -1.91. The second kappa shape index (κ2) is 7.01. The third-order valence-corrected chi connectivity index (χ3v) is 6.45. The summed E-state index contributed by atoms with van der Waals surface area (Å²) in [5.41, 5.74) is 4.99. The highest BCUT2D eigenvalue weighted by Crippen LogP contribution is 2.32. The van der Waals surface area contributed by atoms with Crippen LogP contribution in [0.3, 0.4) is 0 Å². The summed E-state index contributed by atoms with van der Waals surface area (Å²) in [4.78, 5) is 2.31. The molecule has 0 aliphatic heterocycles. The minimum Gasteiger partial charge on any atom is -0.344 e. The zero-order chi connectivity index (χ0) is 18.3. The molecule has 134 valence electrons. The Morgan fingerprint density at radius 2 is 1.77 bits per heavy atom. The van der Waals surface area contributed by atoms with E-state index in [1.165, 1.54) is 38.1 Å². The van der Waals surface area contributed by atoms with Gasteiger partial charge in [0.2, 0.25) is 0 Å². The summed E-state index contributed by atoms with van der Waals surface area (Å²) in [6.07, 6.45) is 2.22. The molecule has 0 saturated carbocycles. The molecule has 2 nitrogen and oxygen atoms in total. The lowest BCUT2D eigenvalue weighted by Gasteiger charge is -2.11. The molecule has 0 fully saturated rings. The predicted molar refractivity (Wildman–Crippen MR) is 118 cm³/mol. The van der Waals surface area contributed by atoms with Crippen LogP contribution in [0.1, 0.15) is 43.6 Å². The van der Waals surface area contributed by atoms with Crippen molar-refractivity contribution >= 4 is 49.5 Å². The number of hydrogen-bond donors (Lipinski definition) is 0. The van der Waals surface area contributed by atoms with Gasteiger partial charge in [0.1, 0.15) is 4.83 Å². The molecule has 0 spiro atoms. The smallest absolute Gasteiger partial charge is 0.103 e. The van der Waals surface area contributed by atoms with Crippen molar-refractivity contribution in [3.8, 4) is 0 Å². The molecular weight excluding hydrogens is 356 g/mol. The molecule has 26 heavy (non-hydrogen) atoms. The van der Waals surface area contributed by atoms with Crippen molar-refractivity contribution in [3.05, 3.63) is 58.7 Å². The van der Waals surface area contributed by atoms with Crippen LogP contribution < -0.4 is 0 Å². The fraction of sp³-hybridized carbons (Fsp3) is 0.318. The molecule has 0 unspecified atom stereocenters. The zero-order valence-electron chi connectivity index (χ0n) is 15.6. The second-order valence-corrected chi connectivity index (χ2v) is 8.12. The van der Waals surface area contributed by atoms with E-state index < -0.39 is 0 Å². The Balaban J connectivity index is 1.94. The number of thiophene rings is 1. The molecule has 4 rings (SSSR count). The number of aromatic nitrogens is 2. The number of fused-ring (bicyclic) bond motifs is 2. The van der Waals surface area contributed by atoms with Crippen LogP contribution in [-0.2, 0) is 13.1 Å². The van der Waals surface area contributed by atoms with E-state index in [4.69, 9.17) is 12.2 Å². The van der Waals surface area contributed by atoms with E-state index in [2.05, 4.69) is 71.7 Å². The maximum absolute atomic E-state index is 6.08. The first-order chi connectivity index (χ1) is 12.7. The number of aryl methyl sites for hydroxylation is 2. The lowest BCUT2D eigenvalue weighted by Crippen LogP contribution is -2.10. The summed E-state index contributed by atoms with van der Waals surface area (Å²) in [5, 5.41) is 4.74. The fourth-order valence-corrected chi connectivity index (χ4v) is 5.32. The Morgan fingerprint density at radius 3 is 2.54 bits per heavy atom. The lowest BCUT2D eigenvalue weighted by atomic mass is 10.1. The Morgan fingerprint density at radius 1 is 1.04 bits per heavy atom. The molecule has 0 N–H and O–H groups in total. The second-order valence-electron chi connectivity index (χ2n) is 6.82. The van der Waals surface area contributed by atoms with Gasteiger partial charge < -0.3 is 9.13 Å². The first-order valence-electron chi connectivity index (χ1n) is 9.36. The van der Waals surface area contributed by atoms with Gasteiger partial charge in [-0.2, -0.15) is 0 Å². The number of hydrogen-bond acceptors (Lipinski definition) is 2. The maximum atomic E-state index is 6.08. The van der Waals surface area contributed by atoms with Gasteiger partial charge in [0, 0.05) is 40.6 Å². The minimum atomic E-state index is 0.977. The average Bonchev–Trinajstić information content (AvgIpc) is 3.30. The van der Waals surface area contributed by atoms with Crippen LogP contribution in [0, 0.1) is 6.92 Å². The minimum absolute atomic E-state index is 0.977. The van der Waals surface area contributed by atoms with E-state index in [0.29, 0.717) is 0 Å². The number of benzene rings is 1. The quantitative estimate of drug-likeness (QED) is 0.272. The molecule has 0 amide bonds. The van der Waals surface area contributed by atoms with Crippen molar-refractivity contribution in [1.82, 2.24) is 9.13 Å². The van der Waals surface area contributed by atoms with Crippen molar-refractivity contribution < 1.29 is 0 Å². The van der Waals surface area contributed by atoms with E-state index in [0.717, 1.165) is 30.8 Å². The number of thiocarbonyl (C=S) groups is 1. The summed E-state index contributed by atoms with van der Waals surface area (Å²) in [5.74, 6) is 0. The molecule has 0 bridgehead atoms. The molecular formula is C22H24N2S2. The van der Waals surface area contributed by atoms with Gasteiger partial charge in [0.15, 0.2) is 0 Å². The van der Waals surface area contributed by atoms with Gasteiger partial charge in [0.05, 0.1) is 10.6 Å². The van der Waals surface area contributed by atoms with Crippen molar-refractivity contribution in [2.75, 3.05) is 0 Å². The van der Waals surface area contributed by atoms with E-state index in [1.54, 1.807) is 11.3 Å². The van der Waals surface area contributed by atoms with Crippen molar-refractivity contribution in [2.24, 2.45) is 0 Å². The Labute approximate surface area is 164 Å².